The summed E-state index contributed by atoms with van der Waals surface area (Å²) < 4.78 is 0. The normalized spacial score (nSPS) is 11.0. The molecule has 19 heavy (non-hydrogen) atoms. The number of fused-ring (bicyclic) bond motifs is 3. The van der Waals surface area contributed by atoms with Gasteiger partial charge < -0.3 is 0 Å². The smallest absolute Gasteiger partial charge is 0.00992 e. The summed E-state index contributed by atoms with van der Waals surface area (Å²) >= 11 is 0. The average Bonchev–Trinajstić information content (AvgIpc) is 2.47. The molecule has 3 rings (SSSR count). The third kappa shape index (κ3) is 1.94. The third-order valence-electron chi connectivity index (χ3n) is 3.78. The van der Waals surface area contributed by atoms with Crippen LogP contribution >= 0.6 is 0 Å². The van der Waals surface area contributed by atoms with Crippen molar-refractivity contribution < 1.29 is 0 Å². The van der Waals surface area contributed by atoms with Gasteiger partial charge >= 0.3 is 0 Å². The molecular weight excluding hydrogens is 228 g/mol. The molecule has 0 aromatic heterocycles. The predicted molar refractivity (Wildman–Crippen MR) is 85.5 cm³/mol. The molecule has 0 saturated carbocycles. The van der Waals surface area contributed by atoms with Crippen LogP contribution in [0.15, 0.2) is 55.1 Å². The lowest BCUT2D eigenvalue weighted by molar-refractivity contribution is 0.921. The molecule has 0 amide bonds. The molecule has 0 N–H and O–H groups in total. The Morgan fingerprint density at radius 3 is 2.47 bits per heavy atom. The Labute approximate surface area is 114 Å². The zero-order chi connectivity index (χ0) is 13.2. The fourth-order valence-corrected chi connectivity index (χ4v) is 2.89. The van der Waals surface area contributed by atoms with Crippen LogP contribution in [-0.4, -0.2) is 0 Å². The van der Waals surface area contributed by atoms with E-state index in [1.165, 1.54) is 39.1 Å². The van der Waals surface area contributed by atoms with Gasteiger partial charge in [-0.2, -0.15) is 0 Å². The van der Waals surface area contributed by atoms with Gasteiger partial charge in [0.2, 0.25) is 0 Å². The Kier molecular flexibility index (Phi) is 3.08. The molecule has 94 valence electrons. The lowest BCUT2D eigenvalue weighted by Crippen LogP contribution is -1.90. The molecular formula is C19H18. The minimum Gasteiger partial charge on any atom is -0.0984 e. The van der Waals surface area contributed by atoms with Gasteiger partial charge in [-0.15, -0.1) is 0 Å². The van der Waals surface area contributed by atoms with Crippen molar-refractivity contribution in [3.8, 4) is 0 Å². The van der Waals surface area contributed by atoms with Gasteiger partial charge in [-0.05, 0) is 39.1 Å². The molecule has 0 aliphatic carbocycles. The highest BCUT2D eigenvalue weighted by Gasteiger charge is 2.06. The summed E-state index contributed by atoms with van der Waals surface area (Å²) in [4.78, 5) is 0. The fourth-order valence-electron chi connectivity index (χ4n) is 2.89. The molecule has 0 heteroatoms. The maximum atomic E-state index is 4.00. The van der Waals surface area contributed by atoms with Crippen LogP contribution in [0.1, 0.15) is 24.5 Å². The van der Waals surface area contributed by atoms with Crippen molar-refractivity contribution >= 4 is 27.6 Å². The predicted octanol–water partition coefficient (Wildman–Crippen LogP) is 5.59. The first kappa shape index (κ1) is 12.0. The first-order valence-corrected chi connectivity index (χ1v) is 6.91. The van der Waals surface area contributed by atoms with Crippen LogP contribution in [0.3, 0.4) is 0 Å². The van der Waals surface area contributed by atoms with Crippen molar-refractivity contribution in [1.29, 1.82) is 0 Å². The first-order chi connectivity index (χ1) is 9.35. The fraction of sp³-hybridized carbons (Fsp3) is 0.158. The molecule has 0 fully saturated rings. The van der Waals surface area contributed by atoms with E-state index in [0.717, 1.165) is 6.42 Å². The molecule has 0 aliphatic rings. The number of hydrogen-bond acceptors (Lipinski definition) is 0. The lowest BCUT2D eigenvalue weighted by Gasteiger charge is -2.11. The van der Waals surface area contributed by atoms with E-state index in [1.54, 1.807) is 0 Å². The molecule has 0 unspecified atom stereocenters. The van der Waals surface area contributed by atoms with Crippen LogP contribution in [0.4, 0.5) is 0 Å². The van der Waals surface area contributed by atoms with Crippen LogP contribution < -0.4 is 0 Å². The van der Waals surface area contributed by atoms with Crippen molar-refractivity contribution in [1.82, 2.24) is 0 Å². The number of aryl methyl sites for hydroxylation is 1. The lowest BCUT2D eigenvalue weighted by atomic mass is 9.93. The van der Waals surface area contributed by atoms with Crippen LogP contribution in [0.25, 0.3) is 27.6 Å². The zero-order valence-corrected chi connectivity index (χ0v) is 11.3. The standard InChI is InChI=1S/C19H18/c1-3-7-14-10-13-19-17-9-6-5-8-15(17)11-12-18(19)16(14)4-2/h4-6,8-13H,2-3,7H2,1H3. The van der Waals surface area contributed by atoms with Gasteiger partial charge in [0.05, 0.1) is 0 Å². The molecule has 0 nitrogen and oxygen atoms in total. The van der Waals surface area contributed by atoms with E-state index >= 15 is 0 Å². The van der Waals surface area contributed by atoms with E-state index in [2.05, 4.69) is 62.0 Å². The first-order valence-electron chi connectivity index (χ1n) is 6.91. The molecule has 0 spiro atoms. The Morgan fingerprint density at radius 2 is 1.68 bits per heavy atom. The van der Waals surface area contributed by atoms with Gasteiger partial charge in [0.25, 0.3) is 0 Å². The average molecular weight is 246 g/mol. The van der Waals surface area contributed by atoms with E-state index in [4.69, 9.17) is 0 Å². The molecule has 0 atom stereocenters. The van der Waals surface area contributed by atoms with Gasteiger partial charge in [0, 0.05) is 0 Å². The van der Waals surface area contributed by atoms with Gasteiger partial charge in [-0.25, -0.2) is 0 Å². The van der Waals surface area contributed by atoms with Crippen molar-refractivity contribution in [2.75, 3.05) is 0 Å². The molecule has 3 aromatic carbocycles. The largest absolute Gasteiger partial charge is 0.0984 e. The maximum Gasteiger partial charge on any atom is -0.00992 e. The second-order valence-corrected chi connectivity index (χ2v) is 4.97. The monoisotopic (exact) mass is 246 g/mol. The topological polar surface area (TPSA) is 0 Å². The summed E-state index contributed by atoms with van der Waals surface area (Å²) in [5, 5.41) is 5.27. The molecule has 0 aliphatic heterocycles. The second-order valence-electron chi connectivity index (χ2n) is 4.97. The van der Waals surface area contributed by atoms with Gasteiger partial charge in [-0.3, -0.25) is 0 Å². The highest BCUT2D eigenvalue weighted by Crippen LogP contribution is 2.30. The molecule has 0 heterocycles. The summed E-state index contributed by atoms with van der Waals surface area (Å²) in [5.41, 5.74) is 2.70. The third-order valence-corrected chi connectivity index (χ3v) is 3.78. The van der Waals surface area contributed by atoms with E-state index in [9.17, 15) is 0 Å². The van der Waals surface area contributed by atoms with E-state index in [1.807, 2.05) is 6.08 Å². The molecule has 3 aromatic rings. The number of hydrogen-bond donors (Lipinski definition) is 0. The van der Waals surface area contributed by atoms with E-state index < -0.39 is 0 Å². The SMILES string of the molecule is C=Cc1c(CCC)ccc2c1ccc1ccccc12. The summed E-state index contributed by atoms with van der Waals surface area (Å²) in [5.74, 6) is 0. The number of benzene rings is 3. The van der Waals surface area contributed by atoms with Crippen LogP contribution in [0.5, 0.6) is 0 Å². The molecule has 0 saturated heterocycles. The Balaban J connectivity index is 2.40. The molecule has 0 radical (unpaired) electrons. The minimum absolute atomic E-state index is 1.12. The highest BCUT2D eigenvalue weighted by molar-refractivity contribution is 6.10. The van der Waals surface area contributed by atoms with Gasteiger partial charge in [0.15, 0.2) is 0 Å². The Hall–Kier alpha value is -2.08. The van der Waals surface area contributed by atoms with E-state index in [-0.39, 0.29) is 0 Å². The summed E-state index contributed by atoms with van der Waals surface area (Å²) in [6.07, 6.45) is 4.28. The van der Waals surface area contributed by atoms with E-state index in [0.29, 0.717) is 0 Å². The van der Waals surface area contributed by atoms with Crippen LogP contribution in [-0.2, 0) is 6.42 Å². The summed E-state index contributed by atoms with van der Waals surface area (Å²) in [6.45, 7) is 6.22. The van der Waals surface area contributed by atoms with Crippen molar-refractivity contribution in [2.45, 2.75) is 19.8 Å². The van der Waals surface area contributed by atoms with Gasteiger partial charge in [0.1, 0.15) is 0 Å². The van der Waals surface area contributed by atoms with Crippen molar-refractivity contribution in [3.63, 3.8) is 0 Å². The zero-order valence-electron chi connectivity index (χ0n) is 11.3. The quantitative estimate of drug-likeness (QED) is 0.528. The minimum atomic E-state index is 1.12. The van der Waals surface area contributed by atoms with Crippen LogP contribution in [0, 0.1) is 0 Å². The maximum absolute atomic E-state index is 4.00. The summed E-state index contributed by atoms with van der Waals surface area (Å²) in [7, 11) is 0. The van der Waals surface area contributed by atoms with Gasteiger partial charge in [-0.1, -0.05) is 74.5 Å². The summed E-state index contributed by atoms with van der Waals surface area (Å²) in [6, 6.07) is 17.5. The number of rotatable bonds is 3. The Bertz CT molecular complexity index is 750. The van der Waals surface area contributed by atoms with Crippen molar-refractivity contribution in [3.05, 3.63) is 66.2 Å². The second kappa shape index (κ2) is 4.89. The van der Waals surface area contributed by atoms with Crippen molar-refractivity contribution in [2.24, 2.45) is 0 Å². The Morgan fingerprint density at radius 1 is 0.895 bits per heavy atom. The molecule has 0 bridgehead atoms. The highest BCUT2D eigenvalue weighted by atomic mass is 14.1. The van der Waals surface area contributed by atoms with Crippen LogP contribution in [0.2, 0.25) is 0 Å².